The summed E-state index contributed by atoms with van der Waals surface area (Å²) in [7, 11) is 0. The van der Waals surface area contributed by atoms with Gasteiger partial charge in [0.05, 0.1) is 22.4 Å². The number of halogens is 1. The van der Waals surface area contributed by atoms with E-state index in [1.54, 1.807) is 18.2 Å². The van der Waals surface area contributed by atoms with E-state index < -0.39 is 36.2 Å². The van der Waals surface area contributed by atoms with Crippen LogP contribution < -0.4 is 10.9 Å². The molecule has 2 bridgehead atoms. The number of rotatable bonds is 9. The van der Waals surface area contributed by atoms with Gasteiger partial charge in [0, 0.05) is 24.8 Å². The first-order valence-electron chi connectivity index (χ1n) is 14.4. The van der Waals surface area contributed by atoms with E-state index in [2.05, 4.69) is 35.1 Å². The van der Waals surface area contributed by atoms with E-state index in [1.165, 1.54) is 11.0 Å². The Labute approximate surface area is 253 Å². The van der Waals surface area contributed by atoms with Gasteiger partial charge in [0.1, 0.15) is 0 Å². The van der Waals surface area contributed by atoms with Gasteiger partial charge in [0.15, 0.2) is 6.61 Å². The monoisotopic (exact) mass is 599 g/mol. The number of likely N-dealkylation sites (tertiary alicyclic amines) is 1. The number of nitrogens with zero attached hydrogens (tertiary/aromatic N) is 1. The SMILES string of the molecule is O=C(COC(=O)CCCCCN1C(=O)[C@H]2C3c4ccccc4C(c4ccccc43)[C@@H]2C1=O)NNC(=O)c1ccccc1Cl. The molecule has 0 aromatic heterocycles. The number of amides is 4. The van der Waals surface area contributed by atoms with Gasteiger partial charge in [-0.15, -0.1) is 0 Å². The Hall–Kier alpha value is -4.50. The molecule has 9 nitrogen and oxygen atoms in total. The predicted molar refractivity (Wildman–Crippen MR) is 157 cm³/mol. The molecule has 1 fully saturated rings. The van der Waals surface area contributed by atoms with Crippen LogP contribution in [-0.4, -0.2) is 47.6 Å². The number of benzene rings is 3. The highest BCUT2D eigenvalue weighted by Crippen LogP contribution is 2.60. The van der Waals surface area contributed by atoms with Crippen LogP contribution in [-0.2, 0) is 23.9 Å². The molecular weight excluding hydrogens is 570 g/mol. The number of nitrogens with one attached hydrogen (secondary N) is 2. The highest BCUT2D eigenvalue weighted by atomic mass is 35.5. The van der Waals surface area contributed by atoms with Crippen molar-refractivity contribution in [3.63, 3.8) is 0 Å². The van der Waals surface area contributed by atoms with Crippen molar-refractivity contribution in [2.75, 3.05) is 13.2 Å². The Kier molecular flexibility index (Phi) is 7.99. The van der Waals surface area contributed by atoms with Gasteiger partial charge in [0.25, 0.3) is 11.8 Å². The minimum atomic E-state index is -0.695. The summed E-state index contributed by atoms with van der Waals surface area (Å²) in [6, 6.07) is 22.7. The summed E-state index contributed by atoms with van der Waals surface area (Å²) in [5.41, 5.74) is 9.17. The summed E-state index contributed by atoms with van der Waals surface area (Å²) < 4.78 is 4.99. The minimum absolute atomic E-state index is 0.0845. The lowest BCUT2D eigenvalue weighted by atomic mass is 9.55. The van der Waals surface area contributed by atoms with E-state index in [0.29, 0.717) is 25.8 Å². The zero-order valence-electron chi connectivity index (χ0n) is 23.3. The largest absolute Gasteiger partial charge is 0.455 e. The first-order chi connectivity index (χ1) is 20.9. The van der Waals surface area contributed by atoms with E-state index in [-0.39, 0.29) is 40.7 Å². The summed E-state index contributed by atoms with van der Waals surface area (Å²) in [5.74, 6) is -3.10. The summed E-state index contributed by atoms with van der Waals surface area (Å²) in [6.45, 7) is -0.242. The lowest BCUT2D eigenvalue weighted by molar-refractivity contribution is -0.148. The average molecular weight is 600 g/mol. The number of hydrogen-bond donors (Lipinski definition) is 2. The third kappa shape index (κ3) is 5.29. The minimum Gasteiger partial charge on any atom is -0.455 e. The van der Waals surface area contributed by atoms with Gasteiger partial charge in [-0.3, -0.25) is 39.7 Å². The molecule has 3 aromatic rings. The summed E-state index contributed by atoms with van der Waals surface area (Å²) in [5, 5.41) is 0.237. The molecule has 10 heteroatoms. The van der Waals surface area contributed by atoms with E-state index in [9.17, 15) is 24.0 Å². The molecule has 1 saturated heterocycles. The van der Waals surface area contributed by atoms with Gasteiger partial charge in [0.2, 0.25) is 11.8 Å². The molecule has 0 radical (unpaired) electrons. The van der Waals surface area contributed by atoms with Crippen molar-refractivity contribution in [1.29, 1.82) is 0 Å². The molecule has 4 aliphatic rings. The molecule has 1 aliphatic heterocycles. The van der Waals surface area contributed by atoms with Crippen molar-refractivity contribution in [3.05, 3.63) is 106 Å². The summed E-state index contributed by atoms with van der Waals surface area (Å²) in [6.07, 6.45) is 1.74. The first-order valence-corrected chi connectivity index (χ1v) is 14.8. The van der Waals surface area contributed by atoms with Crippen molar-refractivity contribution in [2.45, 2.75) is 37.5 Å². The fourth-order valence-corrected chi connectivity index (χ4v) is 6.99. The molecule has 1 heterocycles. The smallest absolute Gasteiger partial charge is 0.306 e. The van der Waals surface area contributed by atoms with Crippen LogP contribution in [0.25, 0.3) is 0 Å². The molecule has 220 valence electrons. The molecule has 2 atom stereocenters. The van der Waals surface area contributed by atoms with E-state index in [4.69, 9.17) is 16.3 Å². The maximum atomic E-state index is 13.6. The van der Waals surface area contributed by atoms with Gasteiger partial charge in [-0.25, -0.2) is 0 Å². The number of hydrogen-bond acceptors (Lipinski definition) is 6. The maximum Gasteiger partial charge on any atom is 0.306 e. The molecule has 0 unspecified atom stereocenters. The molecule has 0 spiro atoms. The Balaban J connectivity index is 0.955. The topological polar surface area (TPSA) is 122 Å². The summed E-state index contributed by atoms with van der Waals surface area (Å²) in [4.78, 5) is 64.9. The van der Waals surface area contributed by atoms with Crippen LogP contribution in [0.2, 0.25) is 5.02 Å². The van der Waals surface area contributed by atoms with Crippen LogP contribution in [0, 0.1) is 11.8 Å². The molecule has 7 rings (SSSR count). The van der Waals surface area contributed by atoms with E-state index >= 15 is 0 Å². The van der Waals surface area contributed by atoms with Crippen LogP contribution in [0.1, 0.15) is 70.1 Å². The quantitative estimate of drug-likeness (QED) is 0.165. The van der Waals surface area contributed by atoms with Gasteiger partial charge < -0.3 is 4.74 Å². The fraction of sp³-hybridized carbons (Fsp3) is 0.303. The number of esters is 1. The first kappa shape index (κ1) is 28.6. The van der Waals surface area contributed by atoms with Crippen LogP contribution >= 0.6 is 11.6 Å². The average Bonchev–Trinajstić information content (AvgIpc) is 3.28. The predicted octanol–water partition coefficient (Wildman–Crippen LogP) is 4.10. The fourth-order valence-electron chi connectivity index (χ4n) is 6.77. The second kappa shape index (κ2) is 12.0. The molecular formula is C33H30ClN3O6. The second-order valence-electron chi connectivity index (χ2n) is 11.0. The Morgan fingerprint density at radius 3 is 1.81 bits per heavy atom. The highest BCUT2D eigenvalue weighted by Gasteiger charge is 2.61. The number of imide groups is 1. The molecule has 43 heavy (non-hydrogen) atoms. The lowest BCUT2D eigenvalue weighted by Gasteiger charge is -2.45. The van der Waals surface area contributed by atoms with Crippen molar-refractivity contribution in [1.82, 2.24) is 15.8 Å². The van der Waals surface area contributed by atoms with E-state index in [0.717, 1.165) is 22.3 Å². The van der Waals surface area contributed by atoms with Gasteiger partial charge in [-0.05, 0) is 47.2 Å². The van der Waals surface area contributed by atoms with Crippen molar-refractivity contribution in [3.8, 4) is 0 Å². The van der Waals surface area contributed by atoms with Crippen LogP contribution in [0.15, 0.2) is 72.8 Å². The van der Waals surface area contributed by atoms with Crippen LogP contribution in [0.5, 0.6) is 0 Å². The molecule has 3 aliphatic carbocycles. The summed E-state index contributed by atoms with van der Waals surface area (Å²) >= 11 is 5.96. The standard InChI is InChI=1S/C33H30ClN3O6/c34-24-15-8-7-14-23(24)31(40)36-35-25(38)18-43-26(39)16-2-1-9-17-37-32(41)29-27-19-10-3-4-11-20(19)28(30(29)33(37)42)22-13-6-5-12-21(22)27/h3-8,10-15,27-30H,1-2,9,16-18H2,(H,35,38)(H,36,40)/t27?,28?,29-,30-/m0/s1. The van der Waals surface area contributed by atoms with Gasteiger partial charge >= 0.3 is 5.97 Å². The zero-order chi connectivity index (χ0) is 30.1. The van der Waals surface area contributed by atoms with Crippen molar-refractivity contribution >= 4 is 41.2 Å². The van der Waals surface area contributed by atoms with Crippen LogP contribution in [0.3, 0.4) is 0 Å². The molecule has 2 N–H and O–H groups in total. The number of hydrazine groups is 1. The second-order valence-corrected chi connectivity index (χ2v) is 11.5. The number of carbonyl (C=O) groups excluding carboxylic acids is 5. The number of carbonyl (C=O) groups is 5. The Morgan fingerprint density at radius 1 is 0.721 bits per heavy atom. The van der Waals surface area contributed by atoms with Crippen molar-refractivity contribution in [2.24, 2.45) is 11.8 Å². The number of ether oxygens (including phenoxy) is 1. The lowest BCUT2D eigenvalue weighted by Crippen LogP contribution is -2.43. The highest BCUT2D eigenvalue weighted by molar-refractivity contribution is 6.33. The third-order valence-corrected chi connectivity index (χ3v) is 8.93. The normalized spacial score (nSPS) is 21.1. The van der Waals surface area contributed by atoms with E-state index in [1.807, 2.05) is 24.3 Å². The maximum absolute atomic E-state index is 13.6. The Morgan fingerprint density at radius 2 is 1.26 bits per heavy atom. The van der Waals surface area contributed by atoms with Crippen LogP contribution in [0.4, 0.5) is 0 Å². The van der Waals surface area contributed by atoms with Gasteiger partial charge in [-0.2, -0.15) is 0 Å². The molecule has 4 amide bonds. The Bertz CT molecular complexity index is 1510. The third-order valence-electron chi connectivity index (χ3n) is 8.60. The zero-order valence-corrected chi connectivity index (χ0v) is 24.0. The molecule has 0 saturated carbocycles. The van der Waals surface area contributed by atoms with Gasteiger partial charge in [-0.1, -0.05) is 78.7 Å². The number of unbranched alkanes of at least 4 members (excludes halogenated alkanes) is 2. The molecule has 3 aromatic carbocycles. The van der Waals surface area contributed by atoms with Crippen molar-refractivity contribution < 1.29 is 28.7 Å².